The van der Waals surface area contributed by atoms with Crippen molar-refractivity contribution in [2.24, 2.45) is 16.8 Å². The summed E-state index contributed by atoms with van der Waals surface area (Å²) < 4.78 is 0. The van der Waals surface area contributed by atoms with E-state index in [9.17, 15) is 5.11 Å². The normalized spacial score (nSPS) is 29.9. The van der Waals surface area contributed by atoms with Gasteiger partial charge in [-0.3, -0.25) is 4.99 Å². The first-order valence-corrected chi connectivity index (χ1v) is 7.93. The average molecular weight is 267 g/mol. The molecular weight excluding hydrogens is 238 g/mol. The SMILES string of the molecule is CCNC(=NCC(O)C1CCCCC1)NC1CC1C. The van der Waals surface area contributed by atoms with Crippen molar-refractivity contribution in [2.75, 3.05) is 13.1 Å². The van der Waals surface area contributed by atoms with E-state index >= 15 is 0 Å². The number of nitrogens with zero attached hydrogens (tertiary/aromatic N) is 1. The number of nitrogens with one attached hydrogen (secondary N) is 2. The van der Waals surface area contributed by atoms with E-state index in [-0.39, 0.29) is 6.10 Å². The van der Waals surface area contributed by atoms with Gasteiger partial charge in [-0.15, -0.1) is 0 Å². The molecule has 0 spiro atoms. The molecule has 3 N–H and O–H groups in total. The van der Waals surface area contributed by atoms with E-state index < -0.39 is 0 Å². The first-order valence-electron chi connectivity index (χ1n) is 7.93. The zero-order chi connectivity index (χ0) is 13.7. The summed E-state index contributed by atoms with van der Waals surface area (Å²) in [4.78, 5) is 4.55. The number of guanidine groups is 1. The third kappa shape index (κ3) is 4.68. The highest BCUT2D eigenvalue weighted by Crippen LogP contribution is 2.29. The van der Waals surface area contributed by atoms with Crippen LogP contribution in [-0.4, -0.2) is 36.3 Å². The van der Waals surface area contributed by atoms with E-state index in [0.29, 0.717) is 18.5 Å². The Morgan fingerprint density at radius 2 is 2.00 bits per heavy atom. The Morgan fingerprint density at radius 1 is 1.32 bits per heavy atom. The third-order valence-electron chi connectivity index (χ3n) is 4.41. The Labute approximate surface area is 117 Å². The van der Waals surface area contributed by atoms with E-state index in [1.54, 1.807) is 0 Å². The van der Waals surface area contributed by atoms with Gasteiger partial charge >= 0.3 is 0 Å². The van der Waals surface area contributed by atoms with E-state index in [4.69, 9.17) is 0 Å². The van der Waals surface area contributed by atoms with Crippen molar-refractivity contribution in [1.82, 2.24) is 10.6 Å². The highest BCUT2D eigenvalue weighted by atomic mass is 16.3. The summed E-state index contributed by atoms with van der Waals surface area (Å²) in [6.45, 7) is 5.72. The number of hydrogen-bond acceptors (Lipinski definition) is 2. The number of hydrogen-bond donors (Lipinski definition) is 3. The van der Waals surface area contributed by atoms with Gasteiger partial charge in [-0.25, -0.2) is 0 Å². The molecule has 2 saturated carbocycles. The molecule has 0 aliphatic heterocycles. The third-order valence-corrected chi connectivity index (χ3v) is 4.41. The minimum atomic E-state index is -0.271. The van der Waals surface area contributed by atoms with Gasteiger partial charge in [0, 0.05) is 12.6 Å². The lowest BCUT2D eigenvalue weighted by molar-refractivity contribution is 0.0923. The van der Waals surface area contributed by atoms with Crippen molar-refractivity contribution in [3.05, 3.63) is 0 Å². The monoisotopic (exact) mass is 267 g/mol. The second-order valence-corrected chi connectivity index (χ2v) is 6.15. The van der Waals surface area contributed by atoms with Crippen molar-refractivity contribution in [2.45, 2.75) is 64.5 Å². The van der Waals surface area contributed by atoms with Crippen LogP contribution in [0.15, 0.2) is 4.99 Å². The first-order chi connectivity index (χ1) is 9.20. The van der Waals surface area contributed by atoms with Crippen LogP contribution in [0.25, 0.3) is 0 Å². The Bertz CT molecular complexity index is 300. The summed E-state index contributed by atoms with van der Waals surface area (Å²) >= 11 is 0. The molecule has 0 amide bonds. The fourth-order valence-corrected chi connectivity index (χ4v) is 2.87. The lowest BCUT2D eigenvalue weighted by Crippen LogP contribution is -2.40. The minimum absolute atomic E-state index is 0.271. The van der Waals surface area contributed by atoms with Crippen molar-refractivity contribution in [3.8, 4) is 0 Å². The Hall–Kier alpha value is -0.770. The molecule has 2 aliphatic carbocycles. The number of rotatable bonds is 5. The molecule has 4 nitrogen and oxygen atoms in total. The first kappa shape index (κ1) is 14.6. The Morgan fingerprint density at radius 3 is 2.58 bits per heavy atom. The van der Waals surface area contributed by atoms with Gasteiger partial charge in [0.2, 0.25) is 0 Å². The van der Waals surface area contributed by atoms with Crippen LogP contribution in [0, 0.1) is 11.8 Å². The zero-order valence-electron chi connectivity index (χ0n) is 12.4. The van der Waals surface area contributed by atoms with Crippen LogP contribution in [0.4, 0.5) is 0 Å². The van der Waals surface area contributed by atoms with Gasteiger partial charge in [0.1, 0.15) is 0 Å². The van der Waals surface area contributed by atoms with Gasteiger partial charge in [0.05, 0.1) is 12.6 Å². The molecule has 0 heterocycles. The fraction of sp³-hybridized carbons (Fsp3) is 0.933. The lowest BCUT2D eigenvalue weighted by Gasteiger charge is -2.25. The molecule has 0 aromatic carbocycles. The van der Waals surface area contributed by atoms with Crippen LogP contribution >= 0.6 is 0 Å². The summed E-state index contributed by atoms with van der Waals surface area (Å²) in [7, 11) is 0. The van der Waals surface area contributed by atoms with E-state index in [1.165, 1.54) is 38.5 Å². The molecule has 0 aromatic heterocycles. The molecular formula is C15H29N3O. The predicted octanol–water partition coefficient (Wildman–Crippen LogP) is 1.89. The van der Waals surface area contributed by atoms with Crippen LogP contribution in [0.3, 0.4) is 0 Å². The van der Waals surface area contributed by atoms with Gasteiger partial charge in [0.25, 0.3) is 0 Å². The maximum atomic E-state index is 10.2. The van der Waals surface area contributed by atoms with Gasteiger partial charge in [-0.1, -0.05) is 26.2 Å². The minimum Gasteiger partial charge on any atom is -0.391 e. The lowest BCUT2D eigenvalue weighted by atomic mass is 9.85. The van der Waals surface area contributed by atoms with Crippen molar-refractivity contribution in [3.63, 3.8) is 0 Å². The quantitative estimate of drug-likeness (QED) is 0.527. The van der Waals surface area contributed by atoms with Crippen LogP contribution in [0.2, 0.25) is 0 Å². The van der Waals surface area contributed by atoms with Crippen molar-refractivity contribution >= 4 is 5.96 Å². The Kier molecular flexibility index (Phi) is 5.49. The van der Waals surface area contributed by atoms with Crippen molar-refractivity contribution in [1.29, 1.82) is 0 Å². The molecule has 3 atom stereocenters. The summed E-state index contributed by atoms with van der Waals surface area (Å²) in [6, 6.07) is 0.574. The highest BCUT2D eigenvalue weighted by molar-refractivity contribution is 5.80. The predicted molar refractivity (Wildman–Crippen MR) is 79.3 cm³/mol. The number of aliphatic imine (C=N–C) groups is 1. The maximum absolute atomic E-state index is 10.2. The molecule has 2 rings (SSSR count). The van der Waals surface area contributed by atoms with Crippen LogP contribution < -0.4 is 10.6 Å². The second-order valence-electron chi connectivity index (χ2n) is 6.15. The molecule has 0 aromatic rings. The zero-order valence-corrected chi connectivity index (χ0v) is 12.4. The summed E-state index contributed by atoms with van der Waals surface area (Å²) in [6.07, 6.45) is 7.16. The molecule has 2 fully saturated rings. The fourth-order valence-electron chi connectivity index (χ4n) is 2.87. The van der Waals surface area contributed by atoms with E-state index in [0.717, 1.165) is 18.4 Å². The van der Waals surface area contributed by atoms with E-state index in [1.807, 2.05) is 0 Å². The van der Waals surface area contributed by atoms with E-state index in [2.05, 4.69) is 29.5 Å². The number of aliphatic hydroxyl groups excluding tert-OH is 1. The summed E-state index contributed by atoms with van der Waals surface area (Å²) in [5, 5.41) is 16.9. The molecule has 0 radical (unpaired) electrons. The van der Waals surface area contributed by atoms with Gasteiger partial charge < -0.3 is 15.7 Å². The topological polar surface area (TPSA) is 56.7 Å². The summed E-state index contributed by atoms with van der Waals surface area (Å²) in [5.74, 6) is 2.08. The van der Waals surface area contributed by atoms with Crippen LogP contribution in [0.5, 0.6) is 0 Å². The smallest absolute Gasteiger partial charge is 0.191 e. The maximum Gasteiger partial charge on any atom is 0.191 e. The molecule has 2 aliphatic rings. The molecule has 110 valence electrons. The van der Waals surface area contributed by atoms with Crippen LogP contribution in [-0.2, 0) is 0 Å². The second kappa shape index (κ2) is 7.13. The summed E-state index contributed by atoms with van der Waals surface area (Å²) in [5.41, 5.74) is 0. The number of aliphatic hydroxyl groups is 1. The largest absolute Gasteiger partial charge is 0.391 e. The molecule has 3 unspecified atom stereocenters. The van der Waals surface area contributed by atoms with Gasteiger partial charge in [0.15, 0.2) is 5.96 Å². The highest BCUT2D eigenvalue weighted by Gasteiger charge is 2.33. The van der Waals surface area contributed by atoms with Gasteiger partial charge in [-0.2, -0.15) is 0 Å². The standard InChI is InChI=1S/C15H29N3O/c1-3-16-15(18-13-9-11(13)2)17-10-14(19)12-7-5-4-6-8-12/h11-14,19H,3-10H2,1-2H3,(H2,16,17,18). The van der Waals surface area contributed by atoms with Crippen LogP contribution in [0.1, 0.15) is 52.4 Å². The molecule has 19 heavy (non-hydrogen) atoms. The Balaban J connectivity index is 1.78. The average Bonchev–Trinajstić information content (AvgIpc) is 3.12. The molecule has 0 bridgehead atoms. The van der Waals surface area contributed by atoms with Crippen molar-refractivity contribution < 1.29 is 5.11 Å². The molecule has 4 heteroatoms. The van der Waals surface area contributed by atoms with Gasteiger partial charge in [-0.05, 0) is 38.0 Å². The molecule has 0 saturated heterocycles.